The van der Waals surface area contributed by atoms with Crippen molar-refractivity contribution in [3.8, 4) is 0 Å². The second-order valence-electron chi connectivity index (χ2n) is 2.46. The van der Waals surface area contributed by atoms with Crippen LogP contribution in [0.1, 0.15) is 21.7 Å². The van der Waals surface area contributed by atoms with Gasteiger partial charge in [0.25, 0.3) is 10.1 Å². The molecule has 0 bridgehead atoms. The molecule has 0 aliphatic carbocycles. The van der Waals surface area contributed by atoms with Gasteiger partial charge in [-0.2, -0.15) is 19.4 Å². The molecule has 0 heterocycles. The molecule has 8 nitrogen and oxygen atoms in total. The average Bonchev–Trinajstić information content (AvgIpc) is 2.15. The van der Waals surface area contributed by atoms with Crippen molar-refractivity contribution in [1.29, 1.82) is 0 Å². The number of hydrogen-bond acceptors (Lipinski definition) is 8. The molecule has 0 aromatic carbocycles. The Morgan fingerprint density at radius 3 is 1.28 bits per heavy atom. The average molecular weight is 530 g/mol. The second-order valence-corrected chi connectivity index (χ2v) is 4.82. The van der Waals surface area contributed by atoms with Crippen LogP contribution >= 0.6 is 36.4 Å². The van der Waals surface area contributed by atoms with Gasteiger partial charge in [-0.1, -0.05) is 7.43 Å². The van der Waals surface area contributed by atoms with E-state index in [2.05, 4.69) is 0 Å². The maximum atomic E-state index is 9.89. The zero-order valence-electron chi connectivity index (χ0n) is 15.3. The summed E-state index contributed by atoms with van der Waals surface area (Å²) in [5.41, 5.74) is 10.0. The van der Waals surface area contributed by atoms with Crippen molar-refractivity contribution in [2.75, 3.05) is 24.7 Å². The minimum atomic E-state index is -3.77. The van der Waals surface area contributed by atoms with Crippen molar-refractivity contribution in [2.24, 2.45) is 11.5 Å². The first-order valence-corrected chi connectivity index (χ1v) is 7.53. The summed E-state index contributed by atoms with van der Waals surface area (Å²) in [5.74, 6) is 0.458. The minimum absolute atomic E-state index is 0. The molecular weight excluding hydrogens is 506 g/mol. The molecule has 0 fully saturated rings. The summed E-state index contributed by atoms with van der Waals surface area (Å²) < 4.78 is 53.2. The monoisotopic (exact) mass is 528 g/mol. The maximum absolute atomic E-state index is 9.89. The molecule has 0 radical (unpaired) electrons. The molecule has 0 saturated carbocycles. The van der Waals surface area contributed by atoms with Gasteiger partial charge in [0, 0.05) is 5.88 Å². The zero-order chi connectivity index (χ0) is 14.3. The molecule has 0 aromatic rings. The molecule has 0 unspecified atom stereocenters. The predicted octanol–water partition coefficient (Wildman–Crippen LogP) is -14.2. The van der Waals surface area contributed by atoms with Crippen molar-refractivity contribution >= 4 is 57.5 Å². The molecule has 0 aromatic heterocycles. The molecule has 25 heavy (non-hydrogen) atoms. The Kier molecular flexibility index (Phi) is 159. The molecule has 0 aliphatic rings. The van der Waals surface area contributed by atoms with Gasteiger partial charge in [-0.05, 0) is 25.9 Å². The number of rotatable bonds is 5. The summed E-state index contributed by atoms with van der Waals surface area (Å²) in [6, 6.07) is 0. The fraction of sp³-hybridized carbons (Fsp3) is 1.00. The summed E-state index contributed by atoms with van der Waals surface area (Å²) in [4.78, 5) is 0. The molecule has 0 spiro atoms. The van der Waals surface area contributed by atoms with Crippen LogP contribution in [0.5, 0.6) is 0 Å². The summed E-state index contributed by atoms with van der Waals surface area (Å²) in [7, 11) is -6.88. The number of alkyl halides is 1. The second kappa shape index (κ2) is 56.8. The molecule has 5 N–H and O–H groups in total. The summed E-state index contributed by atoms with van der Waals surface area (Å²) >= 11 is 5.22. The SMILES string of the molecule is C.Cl.Cl.NCCCCl.NCCCS(=O)(=O)O.O=[S-](=O)[O-].[Cl-].[H-].[Na+].[Na+].[Na+].[Na+]. The van der Waals surface area contributed by atoms with Crippen LogP contribution in [0, 0.1) is 0 Å². The quantitative estimate of drug-likeness (QED) is 0.104. The standard InChI is InChI=1S/C3H8ClN.C3H9NO3S.CH4.3ClH.4Na.O3S.H/c4-2-1-3-5;4-2-1-3-8(5,6)7;;;;;;;;;1-4(2)3;/h1-3,5H2;1-4H2,(H,5,6,7);1H4;3*1H;;;;;;/q;;;;;;4*+1;-2;-1/p-1. The van der Waals surface area contributed by atoms with Crippen LogP contribution < -0.4 is 142 Å². The Labute approximate surface area is 267 Å². The Morgan fingerprint density at radius 2 is 1.24 bits per heavy atom. The summed E-state index contributed by atoms with van der Waals surface area (Å²) in [6.07, 6.45) is 1.25. The number of halogens is 4. The summed E-state index contributed by atoms with van der Waals surface area (Å²) in [5, 5.41) is 0. The smallest absolute Gasteiger partial charge is 1.00 e. The van der Waals surface area contributed by atoms with Gasteiger partial charge in [-0.3, -0.25) is 4.55 Å². The van der Waals surface area contributed by atoms with Crippen LogP contribution in [0.3, 0.4) is 0 Å². The largest absolute Gasteiger partial charge is 1.00 e. The van der Waals surface area contributed by atoms with Gasteiger partial charge < -0.3 is 38.3 Å². The van der Waals surface area contributed by atoms with Gasteiger partial charge in [-0.25, -0.2) is 0 Å². The minimum Gasteiger partial charge on any atom is -1.00 e. The van der Waals surface area contributed by atoms with Gasteiger partial charge in [0.1, 0.15) is 0 Å². The Morgan fingerprint density at radius 1 is 1.00 bits per heavy atom. The van der Waals surface area contributed by atoms with E-state index < -0.39 is 21.1 Å². The van der Waals surface area contributed by atoms with Gasteiger partial charge in [0.2, 0.25) is 0 Å². The third-order valence-corrected chi connectivity index (χ3v) is 2.02. The normalized spacial score (nSPS) is 6.80. The Bertz CT molecular complexity index is 328. The first-order valence-electron chi connectivity index (χ1n) is 4.39. The Balaban J connectivity index is -0.0000000100. The molecule has 142 valence electrons. The zero-order valence-corrected chi connectivity index (χ0v) is 27.1. The number of hydrogen-bond donors (Lipinski definition) is 3. The molecule has 0 amide bonds. The third-order valence-electron chi connectivity index (χ3n) is 0.944. The third kappa shape index (κ3) is 148. The maximum Gasteiger partial charge on any atom is 1.00 e. The van der Waals surface area contributed by atoms with Gasteiger partial charge in [0.05, 0.1) is 5.75 Å². The molecule has 18 heteroatoms. The first-order chi connectivity index (χ1) is 7.71. The molecular formula is C7H24Cl4N2Na4O6S2. The topological polar surface area (TPSA) is 164 Å². The fourth-order valence-electron chi connectivity index (χ4n) is 0.343. The van der Waals surface area contributed by atoms with E-state index in [-0.39, 0.29) is 170 Å². The van der Waals surface area contributed by atoms with E-state index in [4.69, 9.17) is 40.6 Å². The van der Waals surface area contributed by atoms with E-state index in [0.717, 1.165) is 6.42 Å². The van der Waals surface area contributed by atoms with Gasteiger partial charge >= 0.3 is 118 Å². The Hall–Kier alpha value is 4.90. The van der Waals surface area contributed by atoms with Crippen molar-refractivity contribution in [3.63, 3.8) is 0 Å². The molecule has 0 atom stereocenters. The van der Waals surface area contributed by atoms with E-state index in [1.165, 1.54) is 0 Å². The summed E-state index contributed by atoms with van der Waals surface area (Å²) in [6.45, 7) is 1.00. The van der Waals surface area contributed by atoms with E-state index in [1.54, 1.807) is 0 Å². The van der Waals surface area contributed by atoms with Crippen LogP contribution in [0.2, 0.25) is 0 Å². The van der Waals surface area contributed by atoms with Gasteiger partial charge in [0.15, 0.2) is 0 Å². The van der Waals surface area contributed by atoms with Crippen LogP contribution in [0.25, 0.3) is 0 Å². The van der Waals surface area contributed by atoms with E-state index in [0.29, 0.717) is 25.4 Å². The van der Waals surface area contributed by atoms with Crippen LogP contribution in [0.4, 0.5) is 0 Å². The molecule has 0 rings (SSSR count). The predicted molar refractivity (Wildman–Crippen MR) is 86.3 cm³/mol. The van der Waals surface area contributed by atoms with Crippen LogP contribution in [0.15, 0.2) is 0 Å². The van der Waals surface area contributed by atoms with Crippen molar-refractivity contribution < 1.29 is 158 Å². The van der Waals surface area contributed by atoms with Gasteiger partial charge in [-0.15, -0.1) is 36.4 Å². The van der Waals surface area contributed by atoms with Crippen molar-refractivity contribution in [3.05, 3.63) is 0 Å². The van der Waals surface area contributed by atoms with Crippen LogP contribution in [-0.2, 0) is 29.5 Å². The molecule has 0 aliphatic heterocycles. The van der Waals surface area contributed by atoms with Crippen molar-refractivity contribution in [1.82, 2.24) is 0 Å². The van der Waals surface area contributed by atoms with Crippen LogP contribution in [-0.4, -0.2) is 42.2 Å². The van der Waals surface area contributed by atoms with E-state index >= 15 is 0 Å². The number of nitrogens with two attached hydrogens (primary N) is 2. The molecule has 0 saturated heterocycles. The van der Waals surface area contributed by atoms with E-state index in [9.17, 15) is 8.42 Å². The first kappa shape index (κ1) is 69.9. The fourth-order valence-corrected chi connectivity index (χ4v) is 1.03. The van der Waals surface area contributed by atoms with Crippen molar-refractivity contribution in [2.45, 2.75) is 20.3 Å². The van der Waals surface area contributed by atoms with E-state index in [1.807, 2.05) is 0 Å².